The van der Waals surface area contributed by atoms with E-state index in [1.165, 1.54) is 17.8 Å². The average Bonchev–Trinajstić information content (AvgIpc) is 3.21. The molecule has 1 amide bonds. The third-order valence-corrected chi connectivity index (χ3v) is 6.95. The van der Waals surface area contributed by atoms with Crippen LogP contribution in [-0.4, -0.2) is 37.0 Å². The van der Waals surface area contributed by atoms with Gasteiger partial charge >= 0.3 is 6.09 Å². The lowest BCUT2D eigenvalue weighted by atomic mass is 10.1. The topological polar surface area (TPSA) is 81.8 Å². The predicted octanol–water partition coefficient (Wildman–Crippen LogP) is 6.76. The predicted molar refractivity (Wildman–Crippen MR) is 150 cm³/mol. The van der Waals surface area contributed by atoms with Crippen molar-refractivity contribution in [2.45, 2.75) is 32.9 Å². The summed E-state index contributed by atoms with van der Waals surface area (Å²) in [5, 5.41) is 3.79. The fourth-order valence-corrected chi connectivity index (χ4v) is 5.00. The maximum atomic E-state index is 13.2. The molecule has 5 rings (SSSR count). The number of benzene rings is 3. The molecule has 4 aromatic rings. The SMILES string of the molecule is CC(C)n1c(-c2ccc(NC(=O)O[C@H](C)c3ccc(F)cc3)cc2)c(N)c2ccc(N3CCOCC3)cc21. The second-order valence-electron chi connectivity index (χ2n) is 9.83. The van der Waals surface area contributed by atoms with Crippen molar-refractivity contribution < 1.29 is 18.7 Å². The van der Waals surface area contributed by atoms with Crippen LogP contribution in [0.5, 0.6) is 0 Å². The largest absolute Gasteiger partial charge is 0.441 e. The Labute approximate surface area is 221 Å². The molecule has 1 aromatic heterocycles. The van der Waals surface area contributed by atoms with Gasteiger partial charge in [-0.25, -0.2) is 9.18 Å². The number of rotatable bonds is 6. The van der Waals surface area contributed by atoms with Gasteiger partial charge < -0.3 is 24.7 Å². The van der Waals surface area contributed by atoms with Crippen LogP contribution < -0.4 is 16.0 Å². The Hall–Kier alpha value is -4.04. The lowest BCUT2D eigenvalue weighted by Gasteiger charge is -2.29. The molecule has 0 radical (unpaired) electrons. The number of halogens is 1. The summed E-state index contributed by atoms with van der Waals surface area (Å²) >= 11 is 0. The van der Waals surface area contributed by atoms with Crippen molar-refractivity contribution in [2.24, 2.45) is 0 Å². The highest BCUT2D eigenvalue weighted by atomic mass is 19.1. The van der Waals surface area contributed by atoms with Gasteiger partial charge in [-0.1, -0.05) is 24.3 Å². The second-order valence-corrected chi connectivity index (χ2v) is 9.83. The normalized spacial score (nSPS) is 14.6. The van der Waals surface area contributed by atoms with Crippen LogP contribution in [0.1, 0.15) is 38.5 Å². The molecule has 1 fully saturated rings. The molecule has 0 bridgehead atoms. The van der Waals surface area contributed by atoms with Gasteiger partial charge in [-0.05, 0) is 68.8 Å². The van der Waals surface area contributed by atoms with Crippen LogP contribution >= 0.6 is 0 Å². The van der Waals surface area contributed by atoms with Gasteiger partial charge in [0.15, 0.2) is 0 Å². The van der Waals surface area contributed by atoms with Gasteiger partial charge in [-0.15, -0.1) is 0 Å². The number of carbonyl (C=O) groups is 1. The van der Waals surface area contributed by atoms with E-state index in [4.69, 9.17) is 15.2 Å². The number of hydrogen-bond donors (Lipinski definition) is 2. The molecule has 0 unspecified atom stereocenters. The zero-order valence-corrected chi connectivity index (χ0v) is 21.9. The Balaban J connectivity index is 1.37. The fourth-order valence-electron chi connectivity index (χ4n) is 5.00. The van der Waals surface area contributed by atoms with E-state index in [9.17, 15) is 9.18 Å². The summed E-state index contributed by atoms with van der Waals surface area (Å²) in [4.78, 5) is 14.8. The minimum Gasteiger partial charge on any atom is -0.441 e. The molecule has 7 nitrogen and oxygen atoms in total. The van der Waals surface area contributed by atoms with Crippen molar-refractivity contribution in [3.8, 4) is 11.3 Å². The van der Waals surface area contributed by atoms with Crippen molar-refractivity contribution in [2.75, 3.05) is 42.3 Å². The van der Waals surface area contributed by atoms with E-state index in [0.717, 1.165) is 54.2 Å². The van der Waals surface area contributed by atoms with Gasteiger partial charge in [0, 0.05) is 41.5 Å². The van der Waals surface area contributed by atoms with Crippen molar-refractivity contribution in [3.05, 3.63) is 78.1 Å². The van der Waals surface area contributed by atoms with Crippen molar-refractivity contribution in [1.82, 2.24) is 4.57 Å². The number of amides is 1. The Kier molecular flexibility index (Phi) is 7.24. The molecule has 1 aliphatic rings. The Morgan fingerprint density at radius 1 is 1.00 bits per heavy atom. The summed E-state index contributed by atoms with van der Waals surface area (Å²) in [5.74, 6) is -0.333. The van der Waals surface area contributed by atoms with E-state index in [1.54, 1.807) is 19.1 Å². The maximum absolute atomic E-state index is 13.2. The van der Waals surface area contributed by atoms with Crippen LogP contribution in [0.4, 0.5) is 26.2 Å². The van der Waals surface area contributed by atoms with Crippen LogP contribution in [0.2, 0.25) is 0 Å². The number of nitrogens with two attached hydrogens (primary N) is 1. The van der Waals surface area contributed by atoms with E-state index in [1.807, 2.05) is 24.3 Å². The lowest BCUT2D eigenvalue weighted by molar-refractivity contribution is 0.121. The number of anilines is 3. The summed E-state index contributed by atoms with van der Waals surface area (Å²) in [6, 6.07) is 20.1. The Morgan fingerprint density at radius 2 is 1.68 bits per heavy atom. The molecular weight excluding hydrogens is 483 g/mol. The van der Waals surface area contributed by atoms with Crippen molar-refractivity contribution >= 4 is 34.1 Å². The summed E-state index contributed by atoms with van der Waals surface area (Å²) < 4.78 is 26.4. The minimum absolute atomic E-state index is 0.186. The summed E-state index contributed by atoms with van der Waals surface area (Å²) in [7, 11) is 0. The van der Waals surface area contributed by atoms with Crippen molar-refractivity contribution in [1.29, 1.82) is 0 Å². The number of morpholine rings is 1. The highest BCUT2D eigenvalue weighted by Crippen LogP contribution is 2.40. The molecule has 3 aromatic carbocycles. The van der Waals surface area contributed by atoms with Gasteiger partial charge in [0.1, 0.15) is 11.9 Å². The molecule has 0 saturated carbocycles. The van der Waals surface area contributed by atoms with Gasteiger partial charge in [0.25, 0.3) is 0 Å². The fraction of sp³-hybridized carbons (Fsp3) is 0.300. The molecule has 198 valence electrons. The number of hydrogen-bond acceptors (Lipinski definition) is 5. The van der Waals surface area contributed by atoms with E-state index < -0.39 is 12.2 Å². The zero-order valence-electron chi connectivity index (χ0n) is 21.9. The van der Waals surface area contributed by atoms with Crippen LogP contribution in [0.3, 0.4) is 0 Å². The molecule has 8 heteroatoms. The highest BCUT2D eigenvalue weighted by Gasteiger charge is 2.21. The highest BCUT2D eigenvalue weighted by molar-refractivity contribution is 6.02. The lowest BCUT2D eigenvalue weighted by Crippen LogP contribution is -2.36. The number of fused-ring (bicyclic) bond motifs is 1. The molecular formula is C30H33FN4O3. The third-order valence-electron chi connectivity index (χ3n) is 6.95. The number of ether oxygens (including phenoxy) is 2. The minimum atomic E-state index is -0.582. The van der Waals surface area contributed by atoms with Crippen LogP contribution in [0, 0.1) is 5.82 Å². The van der Waals surface area contributed by atoms with Crippen LogP contribution in [0.15, 0.2) is 66.7 Å². The van der Waals surface area contributed by atoms with E-state index in [0.29, 0.717) is 11.3 Å². The zero-order chi connectivity index (χ0) is 26.8. The standard InChI is InChI=1S/C30H33FN4O3/c1-19(2)35-27-18-25(34-14-16-37-17-15-34)12-13-26(27)28(32)29(35)22-6-10-24(11-7-22)33-30(36)38-20(3)21-4-8-23(31)9-5-21/h4-13,18-20H,14-17,32H2,1-3H3,(H,33,36)/t20-/m1/s1. The van der Waals surface area contributed by atoms with E-state index in [-0.39, 0.29) is 11.9 Å². The molecule has 38 heavy (non-hydrogen) atoms. The van der Waals surface area contributed by atoms with E-state index >= 15 is 0 Å². The quantitative estimate of drug-likeness (QED) is 0.296. The first-order chi connectivity index (χ1) is 18.3. The average molecular weight is 517 g/mol. The summed E-state index contributed by atoms with van der Waals surface area (Å²) in [5.41, 5.74) is 12.9. The second kappa shape index (κ2) is 10.8. The van der Waals surface area contributed by atoms with Gasteiger partial charge in [0.05, 0.1) is 30.1 Å². The molecule has 0 spiro atoms. The first kappa shape index (κ1) is 25.6. The summed E-state index contributed by atoms with van der Waals surface area (Å²) in [6.07, 6.45) is -1.10. The van der Waals surface area contributed by atoms with Gasteiger partial charge in [-0.3, -0.25) is 5.32 Å². The molecule has 1 atom stereocenters. The molecule has 0 aliphatic carbocycles. The monoisotopic (exact) mass is 516 g/mol. The molecule has 3 N–H and O–H groups in total. The maximum Gasteiger partial charge on any atom is 0.412 e. The molecule has 2 heterocycles. The van der Waals surface area contributed by atoms with Gasteiger partial charge in [-0.2, -0.15) is 0 Å². The number of nitrogen functional groups attached to an aromatic ring is 1. The van der Waals surface area contributed by atoms with Crippen molar-refractivity contribution in [3.63, 3.8) is 0 Å². The smallest absolute Gasteiger partial charge is 0.412 e. The number of carbonyl (C=O) groups excluding carboxylic acids is 1. The Morgan fingerprint density at radius 3 is 2.34 bits per heavy atom. The first-order valence-electron chi connectivity index (χ1n) is 12.9. The van der Waals surface area contributed by atoms with Crippen LogP contribution in [-0.2, 0) is 9.47 Å². The molecule has 1 aliphatic heterocycles. The van der Waals surface area contributed by atoms with Gasteiger partial charge in [0.2, 0.25) is 0 Å². The van der Waals surface area contributed by atoms with Crippen LogP contribution in [0.25, 0.3) is 22.2 Å². The number of nitrogens with zero attached hydrogens (tertiary/aromatic N) is 2. The first-order valence-corrected chi connectivity index (χ1v) is 12.9. The van der Waals surface area contributed by atoms with E-state index in [2.05, 4.69) is 46.8 Å². The Bertz CT molecular complexity index is 1420. The number of nitrogens with one attached hydrogen (secondary N) is 1. The number of aromatic nitrogens is 1. The summed E-state index contributed by atoms with van der Waals surface area (Å²) in [6.45, 7) is 9.25. The molecule has 1 saturated heterocycles. The third kappa shape index (κ3) is 5.17.